The van der Waals surface area contributed by atoms with Crippen LogP contribution in [0.25, 0.3) is 11.1 Å². The first kappa shape index (κ1) is 27.8. The molecule has 0 aromatic heterocycles. The smallest absolute Gasteiger partial charge is 0.434 e. The number of anilines is 1. The summed E-state index contributed by atoms with van der Waals surface area (Å²) < 4.78 is 34.0. The Balaban J connectivity index is 2.06. The predicted octanol–water partition coefficient (Wildman–Crippen LogP) is 4.97. The molecule has 0 spiro atoms. The molecule has 0 radical (unpaired) electrons. The predicted molar refractivity (Wildman–Crippen MR) is 141 cm³/mol. The molecule has 204 valence electrons. The van der Waals surface area contributed by atoms with Crippen LogP contribution in [-0.2, 0) is 14.0 Å². The summed E-state index contributed by atoms with van der Waals surface area (Å²) in [6.07, 6.45) is -2.32. The Hall–Kier alpha value is -4.21. The highest BCUT2D eigenvalue weighted by Crippen LogP contribution is 2.56. The molecule has 1 unspecified atom stereocenters. The lowest BCUT2D eigenvalue weighted by atomic mass is 10.1. The summed E-state index contributed by atoms with van der Waals surface area (Å²) in [6.45, 7) is 6.17. The monoisotopic (exact) mass is 555 g/mol. The summed E-state index contributed by atoms with van der Waals surface area (Å²) in [7, 11) is -3.93. The zero-order valence-corrected chi connectivity index (χ0v) is 22.5. The Morgan fingerprint density at radius 1 is 0.821 bits per heavy atom. The number of fused-ring (bicyclic) bond motifs is 2. The van der Waals surface area contributed by atoms with Gasteiger partial charge in [0.15, 0.2) is 11.5 Å². The first-order valence-electron chi connectivity index (χ1n) is 12.1. The number of hydrogen-bond acceptors (Lipinski definition) is 9. The Morgan fingerprint density at radius 2 is 1.31 bits per heavy atom. The van der Waals surface area contributed by atoms with E-state index < -0.39 is 37.2 Å². The largest absolute Gasteiger partial charge is 0.513 e. The lowest BCUT2D eigenvalue weighted by Gasteiger charge is -2.17. The van der Waals surface area contributed by atoms with Gasteiger partial charge >= 0.3 is 12.3 Å². The summed E-state index contributed by atoms with van der Waals surface area (Å²) in [6, 6.07) is 11.7. The van der Waals surface area contributed by atoms with Crippen molar-refractivity contribution in [1.82, 2.24) is 0 Å². The molecule has 2 amide bonds. The zero-order valence-electron chi connectivity index (χ0n) is 21.6. The number of ether oxygens (including phenoxy) is 4. The number of carbonyl (C=O) groups excluding carboxylic acids is 4. The van der Waals surface area contributed by atoms with Gasteiger partial charge in [0.1, 0.15) is 5.69 Å². The summed E-state index contributed by atoms with van der Waals surface area (Å²) in [4.78, 5) is 63.5. The average molecular weight is 555 g/mol. The molecule has 12 heteroatoms. The number of imide groups is 1. The minimum Gasteiger partial charge on any atom is -0.434 e. The third kappa shape index (κ3) is 4.98. The van der Waals surface area contributed by atoms with Gasteiger partial charge in [0, 0.05) is 22.1 Å². The minimum absolute atomic E-state index is 0.00260. The van der Waals surface area contributed by atoms with Gasteiger partial charge < -0.3 is 23.8 Å². The van der Waals surface area contributed by atoms with Gasteiger partial charge in [0.25, 0.3) is 11.8 Å². The topological polar surface area (TPSA) is 146 Å². The van der Waals surface area contributed by atoms with Gasteiger partial charge in [-0.1, -0.05) is 38.1 Å². The molecular weight excluding hydrogens is 529 g/mol. The molecule has 1 aliphatic heterocycles. The van der Waals surface area contributed by atoms with E-state index in [2.05, 4.69) is 0 Å². The van der Waals surface area contributed by atoms with Crippen LogP contribution >= 0.6 is 7.37 Å². The average Bonchev–Trinajstić information content (AvgIpc) is 3.16. The van der Waals surface area contributed by atoms with Gasteiger partial charge in [0.05, 0.1) is 24.3 Å². The van der Waals surface area contributed by atoms with Crippen molar-refractivity contribution in [3.05, 3.63) is 59.7 Å². The van der Waals surface area contributed by atoms with Crippen molar-refractivity contribution in [2.24, 2.45) is 0 Å². The highest BCUT2D eigenvalue weighted by Gasteiger charge is 2.44. The first-order valence-corrected chi connectivity index (χ1v) is 13.9. The van der Waals surface area contributed by atoms with Crippen molar-refractivity contribution in [2.75, 3.05) is 18.1 Å². The molecule has 4 rings (SSSR count). The second-order valence-electron chi connectivity index (χ2n) is 8.71. The molecular formula is C27H26NO10P. The van der Waals surface area contributed by atoms with Crippen LogP contribution in [0.3, 0.4) is 0 Å². The van der Waals surface area contributed by atoms with Crippen molar-refractivity contribution in [2.45, 2.75) is 33.4 Å². The van der Waals surface area contributed by atoms with Crippen LogP contribution in [0.2, 0.25) is 0 Å². The quantitative estimate of drug-likeness (QED) is 0.241. The summed E-state index contributed by atoms with van der Waals surface area (Å²) >= 11 is 0. The molecule has 0 bridgehead atoms. The van der Waals surface area contributed by atoms with E-state index in [4.69, 9.17) is 18.9 Å². The summed E-state index contributed by atoms with van der Waals surface area (Å²) in [5.74, 6) is -2.21. The lowest BCUT2D eigenvalue weighted by Crippen LogP contribution is -2.30. The summed E-state index contributed by atoms with van der Waals surface area (Å²) in [5, 5.41) is 0.00260. The number of rotatable bonds is 7. The van der Waals surface area contributed by atoms with Gasteiger partial charge in [-0.25, -0.2) is 14.5 Å². The van der Waals surface area contributed by atoms with Crippen molar-refractivity contribution >= 4 is 42.5 Å². The van der Waals surface area contributed by atoms with E-state index in [1.807, 2.05) is 0 Å². The van der Waals surface area contributed by atoms with Crippen LogP contribution in [0.1, 0.15) is 48.4 Å². The Morgan fingerprint density at radius 3 is 1.79 bits per heavy atom. The fourth-order valence-electron chi connectivity index (χ4n) is 4.11. The van der Waals surface area contributed by atoms with Crippen molar-refractivity contribution in [3.8, 4) is 22.6 Å². The van der Waals surface area contributed by atoms with Crippen LogP contribution in [0, 0.1) is 0 Å². The van der Waals surface area contributed by atoms with E-state index in [1.54, 1.807) is 39.8 Å². The van der Waals surface area contributed by atoms with E-state index in [-0.39, 0.29) is 58.0 Å². The molecule has 1 aromatic carbocycles. The normalized spacial score (nSPS) is 14.3. The molecule has 11 nitrogen and oxygen atoms in total. The van der Waals surface area contributed by atoms with Crippen LogP contribution in [-0.4, -0.2) is 47.9 Å². The van der Waals surface area contributed by atoms with Crippen molar-refractivity contribution in [1.29, 1.82) is 0 Å². The van der Waals surface area contributed by atoms with Gasteiger partial charge in [-0.2, -0.15) is 0 Å². The number of benzene rings is 1. The molecule has 0 fully saturated rings. The van der Waals surface area contributed by atoms with Crippen LogP contribution in [0.5, 0.6) is 11.5 Å². The summed E-state index contributed by atoms with van der Waals surface area (Å²) in [5.41, 5.74) is -0.726. The second kappa shape index (κ2) is 10.9. The second-order valence-corrected chi connectivity index (χ2v) is 11.5. The molecule has 1 aromatic rings. The third-order valence-electron chi connectivity index (χ3n) is 6.01. The van der Waals surface area contributed by atoms with Crippen molar-refractivity contribution in [3.63, 3.8) is 0 Å². The molecule has 1 atom stereocenters. The molecule has 0 saturated carbocycles. The number of carbonyl (C=O) groups is 4. The van der Waals surface area contributed by atoms with E-state index in [0.717, 1.165) is 4.90 Å². The van der Waals surface area contributed by atoms with Gasteiger partial charge in [0.2, 0.25) is 7.37 Å². The SMILES string of the molecule is CCOC(=O)Oc1c2cccc(P(=O)(O)C(C)C)cc-2c(OC(=O)OCC)c1N1C(=O)c2ccccc2C1=O. The van der Waals surface area contributed by atoms with Crippen LogP contribution in [0.15, 0.2) is 48.5 Å². The van der Waals surface area contributed by atoms with E-state index in [9.17, 15) is 28.6 Å². The van der Waals surface area contributed by atoms with Crippen LogP contribution in [0.4, 0.5) is 15.3 Å². The highest BCUT2D eigenvalue weighted by atomic mass is 31.2. The van der Waals surface area contributed by atoms with Gasteiger partial charge in [-0.3, -0.25) is 14.2 Å². The van der Waals surface area contributed by atoms with E-state index in [1.165, 1.54) is 36.4 Å². The standard InChI is InChI=1S/C27H26NO10P/c1-5-35-26(31)37-22-17-13-9-10-16(39(33,34)15(3)4)14-20(17)23(38-27(32)36-6-2)21(22)28-24(29)18-11-7-8-12-19(18)25(28)30/h7-15H,5-6H2,1-4H3,(H,33,34). The molecule has 39 heavy (non-hydrogen) atoms. The molecule has 1 N–H and O–H groups in total. The van der Waals surface area contributed by atoms with Gasteiger partial charge in [-0.05, 0) is 38.1 Å². The molecule has 3 aliphatic rings. The fraction of sp³-hybridized carbons (Fsp3) is 0.259. The Kier molecular flexibility index (Phi) is 7.76. The van der Waals surface area contributed by atoms with Gasteiger partial charge in [-0.15, -0.1) is 0 Å². The van der Waals surface area contributed by atoms with Crippen LogP contribution < -0.4 is 19.7 Å². The fourth-order valence-corrected chi connectivity index (χ4v) is 5.32. The number of hydrogen-bond donors (Lipinski definition) is 1. The van der Waals surface area contributed by atoms with E-state index in [0.29, 0.717) is 0 Å². The van der Waals surface area contributed by atoms with E-state index >= 15 is 0 Å². The maximum absolute atomic E-state index is 13.5. The molecule has 2 aliphatic carbocycles. The number of nitrogens with zero attached hydrogens (tertiary/aromatic N) is 1. The Labute approximate surface area is 224 Å². The number of amides is 2. The maximum Gasteiger partial charge on any atom is 0.513 e. The molecule has 1 heterocycles. The lowest BCUT2D eigenvalue weighted by molar-refractivity contribution is 0.0906. The Bertz CT molecular complexity index is 1460. The third-order valence-corrected chi connectivity index (χ3v) is 8.43. The first-order chi connectivity index (χ1) is 18.5. The maximum atomic E-state index is 13.5. The zero-order chi connectivity index (χ0) is 28.5. The highest BCUT2D eigenvalue weighted by molar-refractivity contribution is 7.66. The minimum atomic E-state index is -3.93. The van der Waals surface area contributed by atoms with Crippen molar-refractivity contribution < 1.29 is 47.6 Å². The molecule has 0 saturated heterocycles.